The fourth-order valence-corrected chi connectivity index (χ4v) is 1.97. The van der Waals surface area contributed by atoms with Gasteiger partial charge in [-0.25, -0.2) is 0 Å². The largest absolute Gasteiger partial charge is 0.481 e. The Morgan fingerprint density at radius 3 is 2.67 bits per heavy atom. The molecule has 0 fully saturated rings. The molecule has 0 saturated carbocycles. The average molecular weight is 231 g/mol. The number of carbonyl (C=O) groups is 1. The molecule has 15 heavy (non-hydrogen) atoms. The predicted molar refractivity (Wildman–Crippen MR) is 54.7 cm³/mol. The van der Waals surface area contributed by atoms with Gasteiger partial charge in [-0.05, 0) is 13.8 Å². The van der Waals surface area contributed by atoms with Crippen LogP contribution in [0.1, 0.15) is 25.7 Å². The number of aromatic nitrogens is 3. The molecule has 6 nitrogen and oxygen atoms in total. The van der Waals surface area contributed by atoms with Crippen LogP contribution in [0.2, 0.25) is 0 Å². The Morgan fingerprint density at radius 1 is 1.53 bits per heavy atom. The maximum Gasteiger partial charge on any atom is 0.313 e. The first-order valence-electron chi connectivity index (χ1n) is 4.45. The summed E-state index contributed by atoms with van der Waals surface area (Å²) < 4.78 is 1.73. The van der Waals surface area contributed by atoms with E-state index < -0.39 is 5.97 Å². The number of aliphatic hydroxyl groups excluding tert-OH is 1. The van der Waals surface area contributed by atoms with Crippen LogP contribution in [-0.4, -0.2) is 36.7 Å². The van der Waals surface area contributed by atoms with Crippen molar-refractivity contribution in [3.63, 3.8) is 0 Å². The molecule has 84 valence electrons. The van der Waals surface area contributed by atoms with Crippen LogP contribution in [0.5, 0.6) is 0 Å². The first-order chi connectivity index (χ1) is 7.06. The molecule has 1 rings (SSSR count). The van der Waals surface area contributed by atoms with Gasteiger partial charge in [-0.15, -0.1) is 10.2 Å². The molecule has 0 amide bonds. The molecular weight excluding hydrogens is 218 g/mol. The molecule has 7 heteroatoms. The Balaban J connectivity index is 2.87. The number of hydrogen-bond acceptors (Lipinski definition) is 5. The Bertz CT molecular complexity index is 351. The van der Waals surface area contributed by atoms with E-state index in [2.05, 4.69) is 10.2 Å². The van der Waals surface area contributed by atoms with Crippen molar-refractivity contribution < 1.29 is 15.0 Å². The highest BCUT2D eigenvalue weighted by atomic mass is 32.2. The van der Waals surface area contributed by atoms with Crippen LogP contribution in [0.25, 0.3) is 0 Å². The first kappa shape index (κ1) is 12.0. The van der Waals surface area contributed by atoms with Crippen LogP contribution in [0.15, 0.2) is 5.16 Å². The van der Waals surface area contributed by atoms with Gasteiger partial charge in [0.1, 0.15) is 6.61 Å². The van der Waals surface area contributed by atoms with Crippen molar-refractivity contribution in [2.45, 2.75) is 31.7 Å². The summed E-state index contributed by atoms with van der Waals surface area (Å²) in [6.45, 7) is 3.65. The molecule has 2 N–H and O–H groups in total. The second-order valence-electron chi connectivity index (χ2n) is 3.20. The van der Waals surface area contributed by atoms with E-state index in [0.717, 1.165) is 11.8 Å². The minimum absolute atomic E-state index is 0.0592. The van der Waals surface area contributed by atoms with Crippen molar-refractivity contribution in [3.05, 3.63) is 5.82 Å². The Morgan fingerprint density at radius 2 is 2.20 bits per heavy atom. The molecule has 0 aromatic carbocycles. The molecular formula is C8H13N3O3S. The number of carboxylic acids is 1. The van der Waals surface area contributed by atoms with Crippen molar-refractivity contribution in [2.24, 2.45) is 0 Å². The van der Waals surface area contributed by atoms with E-state index in [-0.39, 0.29) is 18.4 Å². The third-order valence-corrected chi connectivity index (χ3v) is 2.65. The molecule has 0 aliphatic heterocycles. The van der Waals surface area contributed by atoms with Crippen molar-refractivity contribution in [3.8, 4) is 0 Å². The van der Waals surface area contributed by atoms with Crippen LogP contribution < -0.4 is 0 Å². The standard InChI is InChI=1S/C8H13N3O3S/c1-5(2)11-6(3-12)9-10-8(11)15-4-7(13)14/h5,12H,3-4H2,1-2H3,(H,13,14). The number of rotatable bonds is 5. The lowest BCUT2D eigenvalue weighted by Gasteiger charge is -2.11. The lowest BCUT2D eigenvalue weighted by atomic mass is 10.4. The van der Waals surface area contributed by atoms with Crippen LogP contribution in [0.3, 0.4) is 0 Å². The van der Waals surface area contributed by atoms with Crippen molar-refractivity contribution in [1.82, 2.24) is 14.8 Å². The number of nitrogens with zero attached hydrogens (tertiary/aromatic N) is 3. The molecule has 0 bridgehead atoms. The van der Waals surface area contributed by atoms with Gasteiger partial charge >= 0.3 is 5.97 Å². The van der Waals surface area contributed by atoms with Gasteiger partial charge in [0.2, 0.25) is 0 Å². The summed E-state index contributed by atoms with van der Waals surface area (Å²) in [7, 11) is 0. The lowest BCUT2D eigenvalue weighted by molar-refractivity contribution is -0.133. The lowest BCUT2D eigenvalue weighted by Crippen LogP contribution is -2.09. The minimum atomic E-state index is -0.899. The van der Waals surface area contributed by atoms with Crippen LogP contribution in [0.4, 0.5) is 0 Å². The smallest absolute Gasteiger partial charge is 0.313 e. The van der Waals surface area contributed by atoms with Crippen LogP contribution >= 0.6 is 11.8 Å². The number of hydrogen-bond donors (Lipinski definition) is 2. The number of carboxylic acid groups (broad SMARTS) is 1. The number of aliphatic carboxylic acids is 1. The summed E-state index contributed by atoms with van der Waals surface area (Å²) in [6.07, 6.45) is 0. The fourth-order valence-electron chi connectivity index (χ4n) is 1.16. The van der Waals surface area contributed by atoms with E-state index in [1.54, 1.807) is 4.57 Å². The summed E-state index contributed by atoms with van der Waals surface area (Å²) >= 11 is 1.10. The van der Waals surface area contributed by atoms with E-state index in [9.17, 15) is 4.79 Å². The zero-order valence-corrected chi connectivity index (χ0v) is 9.36. The average Bonchev–Trinajstić information content (AvgIpc) is 2.57. The summed E-state index contributed by atoms with van der Waals surface area (Å²) in [6, 6.07) is 0.0958. The topological polar surface area (TPSA) is 88.2 Å². The van der Waals surface area contributed by atoms with Gasteiger partial charge in [0.15, 0.2) is 11.0 Å². The van der Waals surface area contributed by atoms with E-state index in [1.165, 1.54) is 0 Å². The van der Waals surface area contributed by atoms with Gasteiger partial charge in [0, 0.05) is 6.04 Å². The molecule has 0 atom stereocenters. The number of thioether (sulfide) groups is 1. The summed E-state index contributed by atoms with van der Waals surface area (Å²) in [5.41, 5.74) is 0. The van der Waals surface area contributed by atoms with Gasteiger partial charge in [-0.2, -0.15) is 0 Å². The second-order valence-corrected chi connectivity index (χ2v) is 4.15. The van der Waals surface area contributed by atoms with Crippen LogP contribution in [-0.2, 0) is 11.4 Å². The molecule has 0 saturated heterocycles. The van der Waals surface area contributed by atoms with Gasteiger partial charge in [0.25, 0.3) is 0 Å². The molecule has 0 unspecified atom stereocenters. The predicted octanol–water partition coefficient (Wildman–Crippen LogP) is 0.528. The SMILES string of the molecule is CC(C)n1c(CO)nnc1SCC(=O)O. The van der Waals surface area contributed by atoms with Gasteiger partial charge < -0.3 is 14.8 Å². The van der Waals surface area contributed by atoms with E-state index in [1.807, 2.05) is 13.8 Å². The number of aliphatic hydroxyl groups is 1. The highest BCUT2D eigenvalue weighted by molar-refractivity contribution is 7.99. The third kappa shape index (κ3) is 2.93. The van der Waals surface area contributed by atoms with Crippen molar-refractivity contribution >= 4 is 17.7 Å². The first-order valence-corrected chi connectivity index (χ1v) is 5.44. The summed E-state index contributed by atoms with van der Waals surface area (Å²) in [4.78, 5) is 10.4. The zero-order valence-electron chi connectivity index (χ0n) is 8.54. The Hall–Kier alpha value is -1.08. The normalized spacial score (nSPS) is 10.9. The maximum absolute atomic E-state index is 10.4. The van der Waals surface area contributed by atoms with Gasteiger partial charge in [0.05, 0.1) is 5.75 Å². The Labute approximate surface area is 91.3 Å². The minimum Gasteiger partial charge on any atom is -0.481 e. The van der Waals surface area contributed by atoms with Gasteiger partial charge in [-0.1, -0.05) is 11.8 Å². The molecule has 0 aliphatic rings. The molecule has 0 spiro atoms. The summed E-state index contributed by atoms with van der Waals surface area (Å²) in [5, 5.41) is 25.7. The monoisotopic (exact) mass is 231 g/mol. The van der Waals surface area contributed by atoms with Crippen LogP contribution in [0, 0.1) is 0 Å². The summed E-state index contributed by atoms with van der Waals surface area (Å²) in [5.74, 6) is -0.502. The van der Waals surface area contributed by atoms with E-state index in [0.29, 0.717) is 11.0 Å². The zero-order chi connectivity index (χ0) is 11.4. The molecule has 0 aliphatic carbocycles. The maximum atomic E-state index is 10.4. The fraction of sp³-hybridized carbons (Fsp3) is 0.625. The Kier molecular flexibility index (Phi) is 4.10. The molecule has 1 heterocycles. The van der Waals surface area contributed by atoms with Crippen molar-refractivity contribution in [1.29, 1.82) is 0 Å². The van der Waals surface area contributed by atoms with Gasteiger partial charge in [-0.3, -0.25) is 4.79 Å². The highest BCUT2D eigenvalue weighted by Gasteiger charge is 2.15. The molecule has 1 aromatic rings. The molecule has 1 aromatic heterocycles. The van der Waals surface area contributed by atoms with Crippen molar-refractivity contribution in [2.75, 3.05) is 5.75 Å². The van der Waals surface area contributed by atoms with E-state index in [4.69, 9.17) is 10.2 Å². The quantitative estimate of drug-likeness (QED) is 0.718. The van der Waals surface area contributed by atoms with E-state index >= 15 is 0 Å². The third-order valence-electron chi connectivity index (χ3n) is 1.72. The second kappa shape index (κ2) is 5.13. The molecule has 0 radical (unpaired) electrons. The highest BCUT2D eigenvalue weighted by Crippen LogP contribution is 2.21.